The highest BCUT2D eigenvalue weighted by Gasteiger charge is 2.23. The fourth-order valence-electron chi connectivity index (χ4n) is 4.13. The van der Waals surface area contributed by atoms with Crippen LogP contribution in [0.5, 0.6) is 0 Å². The van der Waals surface area contributed by atoms with E-state index in [0.717, 1.165) is 12.5 Å². The number of rotatable bonds is 3. The van der Waals surface area contributed by atoms with Gasteiger partial charge in [0.2, 0.25) is 0 Å². The number of nitrogens with zero attached hydrogens (tertiary/aromatic N) is 2. The van der Waals surface area contributed by atoms with Gasteiger partial charge in [-0.15, -0.1) is 11.3 Å². The van der Waals surface area contributed by atoms with Gasteiger partial charge in [-0.25, -0.2) is 4.98 Å². The molecule has 1 aromatic heterocycles. The van der Waals surface area contributed by atoms with E-state index in [-0.39, 0.29) is 0 Å². The van der Waals surface area contributed by atoms with Crippen molar-refractivity contribution in [1.29, 1.82) is 0 Å². The van der Waals surface area contributed by atoms with Gasteiger partial charge in [-0.2, -0.15) is 0 Å². The standard InChI is InChI=1S/C20H29N3S/c1-3-23-10-8-15(9-11-23)20-22-18-12-16(5-7-19(18)24-20)17-6-4-14(2)13-21-17/h5,7,12,14-15,17,21H,3-4,6,8-11,13H2,1-2H3/t14-,17+/m0/s1. The molecule has 0 radical (unpaired) electrons. The first-order valence-corrected chi connectivity index (χ1v) is 10.4. The summed E-state index contributed by atoms with van der Waals surface area (Å²) in [5.41, 5.74) is 2.64. The minimum Gasteiger partial charge on any atom is -0.310 e. The van der Waals surface area contributed by atoms with Crippen molar-refractivity contribution in [3.05, 3.63) is 28.8 Å². The molecule has 24 heavy (non-hydrogen) atoms. The Labute approximate surface area is 149 Å². The van der Waals surface area contributed by atoms with Crippen LogP contribution in [0.4, 0.5) is 0 Å². The Balaban J connectivity index is 1.51. The van der Waals surface area contributed by atoms with Crippen molar-refractivity contribution in [3.8, 4) is 0 Å². The number of hydrogen-bond acceptors (Lipinski definition) is 4. The third kappa shape index (κ3) is 3.37. The zero-order valence-electron chi connectivity index (χ0n) is 14.9. The molecule has 0 bridgehead atoms. The molecule has 2 aliphatic rings. The molecule has 0 aliphatic carbocycles. The molecule has 4 heteroatoms. The highest BCUT2D eigenvalue weighted by Crippen LogP contribution is 2.35. The fraction of sp³-hybridized carbons (Fsp3) is 0.650. The van der Waals surface area contributed by atoms with E-state index in [4.69, 9.17) is 4.98 Å². The highest BCUT2D eigenvalue weighted by molar-refractivity contribution is 7.18. The van der Waals surface area contributed by atoms with Crippen LogP contribution in [-0.2, 0) is 0 Å². The minimum absolute atomic E-state index is 0.517. The van der Waals surface area contributed by atoms with Crippen LogP contribution in [-0.4, -0.2) is 36.1 Å². The topological polar surface area (TPSA) is 28.2 Å². The van der Waals surface area contributed by atoms with Crippen molar-refractivity contribution in [1.82, 2.24) is 15.2 Å². The van der Waals surface area contributed by atoms with Crippen LogP contribution in [0.3, 0.4) is 0 Å². The van der Waals surface area contributed by atoms with Gasteiger partial charge in [-0.1, -0.05) is 19.9 Å². The molecule has 0 spiro atoms. The zero-order valence-corrected chi connectivity index (χ0v) is 15.7. The molecule has 2 aromatic rings. The van der Waals surface area contributed by atoms with Gasteiger partial charge < -0.3 is 10.2 Å². The van der Waals surface area contributed by atoms with E-state index in [9.17, 15) is 0 Å². The van der Waals surface area contributed by atoms with E-state index >= 15 is 0 Å². The van der Waals surface area contributed by atoms with Crippen molar-refractivity contribution in [2.45, 2.75) is 51.5 Å². The van der Waals surface area contributed by atoms with Gasteiger partial charge in [-0.05, 0) is 75.5 Å². The monoisotopic (exact) mass is 343 g/mol. The van der Waals surface area contributed by atoms with Crippen molar-refractivity contribution < 1.29 is 0 Å². The second kappa shape index (κ2) is 7.11. The van der Waals surface area contributed by atoms with Crippen molar-refractivity contribution >= 4 is 21.6 Å². The molecule has 0 amide bonds. The fourth-order valence-corrected chi connectivity index (χ4v) is 5.25. The average Bonchev–Trinajstić information content (AvgIpc) is 3.05. The van der Waals surface area contributed by atoms with E-state index in [1.807, 2.05) is 11.3 Å². The minimum atomic E-state index is 0.517. The largest absolute Gasteiger partial charge is 0.310 e. The molecule has 3 nitrogen and oxygen atoms in total. The lowest BCUT2D eigenvalue weighted by atomic mass is 9.92. The molecule has 130 valence electrons. The molecule has 2 atom stereocenters. The molecule has 3 heterocycles. The predicted octanol–water partition coefficient (Wildman–Crippen LogP) is 4.56. The first-order chi connectivity index (χ1) is 11.7. The quantitative estimate of drug-likeness (QED) is 0.886. The van der Waals surface area contributed by atoms with Gasteiger partial charge in [0.25, 0.3) is 0 Å². The SMILES string of the molecule is CCN1CCC(c2nc3cc([C@H]4CC[C@H](C)CN4)ccc3s2)CC1. The van der Waals surface area contributed by atoms with Crippen LogP contribution in [0.2, 0.25) is 0 Å². The number of aromatic nitrogens is 1. The first kappa shape index (κ1) is 16.5. The number of likely N-dealkylation sites (tertiary alicyclic amines) is 1. The predicted molar refractivity (Wildman–Crippen MR) is 103 cm³/mol. The molecule has 1 N–H and O–H groups in total. The zero-order chi connectivity index (χ0) is 16.5. The number of fused-ring (bicyclic) bond motifs is 1. The number of hydrogen-bond donors (Lipinski definition) is 1. The highest BCUT2D eigenvalue weighted by atomic mass is 32.1. The summed E-state index contributed by atoms with van der Waals surface area (Å²) in [4.78, 5) is 7.58. The number of nitrogens with one attached hydrogen (secondary N) is 1. The van der Waals surface area contributed by atoms with Crippen molar-refractivity contribution in [2.75, 3.05) is 26.2 Å². The molecule has 0 saturated carbocycles. The Hall–Kier alpha value is -0.970. The van der Waals surface area contributed by atoms with Gasteiger partial charge in [0.15, 0.2) is 0 Å². The van der Waals surface area contributed by atoms with E-state index in [2.05, 4.69) is 42.3 Å². The van der Waals surface area contributed by atoms with E-state index in [1.54, 1.807) is 0 Å². The van der Waals surface area contributed by atoms with E-state index in [0.29, 0.717) is 12.0 Å². The van der Waals surface area contributed by atoms with Crippen LogP contribution in [0.1, 0.15) is 62.1 Å². The smallest absolute Gasteiger partial charge is 0.0970 e. The normalized spacial score (nSPS) is 26.9. The summed E-state index contributed by atoms with van der Waals surface area (Å²) in [5.74, 6) is 1.48. The van der Waals surface area contributed by atoms with Crippen LogP contribution < -0.4 is 5.32 Å². The summed E-state index contributed by atoms with van der Waals surface area (Å²) in [6.07, 6.45) is 5.11. The van der Waals surface area contributed by atoms with Crippen molar-refractivity contribution in [3.63, 3.8) is 0 Å². The molecule has 4 rings (SSSR count). The van der Waals surface area contributed by atoms with Crippen LogP contribution in [0.15, 0.2) is 18.2 Å². The Bertz CT molecular complexity index is 679. The Morgan fingerprint density at radius 3 is 2.75 bits per heavy atom. The van der Waals surface area contributed by atoms with Crippen LogP contribution >= 0.6 is 11.3 Å². The van der Waals surface area contributed by atoms with Crippen LogP contribution in [0, 0.1) is 5.92 Å². The summed E-state index contributed by atoms with van der Waals surface area (Å²) in [7, 11) is 0. The summed E-state index contributed by atoms with van der Waals surface area (Å²) >= 11 is 1.92. The molecule has 1 aromatic carbocycles. The molecule has 2 aliphatic heterocycles. The number of benzene rings is 1. The molecule has 2 fully saturated rings. The molecular weight excluding hydrogens is 314 g/mol. The maximum atomic E-state index is 5.03. The number of piperidine rings is 2. The van der Waals surface area contributed by atoms with Gasteiger partial charge in [0.05, 0.1) is 15.2 Å². The van der Waals surface area contributed by atoms with Crippen molar-refractivity contribution in [2.24, 2.45) is 5.92 Å². The summed E-state index contributed by atoms with van der Waals surface area (Å²) in [5, 5.41) is 5.07. The van der Waals surface area contributed by atoms with Gasteiger partial charge in [-0.3, -0.25) is 0 Å². The van der Waals surface area contributed by atoms with Gasteiger partial charge in [0.1, 0.15) is 0 Å². The molecular formula is C20H29N3S. The number of thiazole rings is 1. The Morgan fingerprint density at radius 1 is 1.21 bits per heavy atom. The maximum Gasteiger partial charge on any atom is 0.0970 e. The second-order valence-electron chi connectivity index (χ2n) is 7.63. The average molecular weight is 344 g/mol. The molecule has 0 unspecified atom stereocenters. The Kier molecular flexibility index (Phi) is 4.88. The lowest BCUT2D eigenvalue weighted by molar-refractivity contribution is 0.222. The lowest BCUT2D eigenvalue weighted by Gasteiger charge is -2.29. The third-order valence-corrected chi connectivity index (χ3v) is 7.07. The summed E-state index contributed by atoms with van der Waals surface area (Å²) < 4.78 is 1.36. The summed E-state index contributed by atoms with van der Waals surface area (Å²) in [6, 6.07) is 7.47. The Morgan fingerprint density at radius 2 is 2.04 bits per heavy atom. The van der Waals surface area contributed by atoms with E-state index in [1.165, 1.54) is 66.1 Å². The van der Waals surface area contributed by atoms with E-state index < -0.39 is 0 Å². The van der Waals surface area contributed by atoms with Gasteiger partial charge >= 0.3 is 0 Å². The maximum absolute atomic E-state index is 5.03. The first-order valence-electron chi connectivity index (χ1n) is 9.59. The van der Waals surface area contributed by atoms with Crippen LogP contribution in [0.25, 0.3) is 10.2 Å². The second-order valence-corrected chi connectivity index (χ2v) is 8.69. The summed E-state index contributed by atoms with van der Waals surface area (Å²) in [6.45, 7) is 9.38. The lowest BCUT2D eigenvalue weighted by Crippen LogP contribution is -2.32. The third-order valence-electron chi connectivity index (χ3n) is 5.88. The molecule has 2 saturated heterocycles. The van der Waals surface area contributed by atoms with Gasteiger partial charge in [0, 0.05) is 12.0 Å².